The van der Waals surface area contributed by atoms with E-state index in [1.165, 1.54) is 0 Å². The van der Waals surface area contributed by atoms with Gasteiger partial charge in [0.1, 0.15) is 0 Å². The molecular weight excluding hydrogens is 226 g/mol. The summed E-state index contributed by atoms with van der Waals surface area (Å²) in [5, 5.41) is 13.4. The van der Waals surface area contributed by atoms with Gasteiger partial charge in [-0.1, -0.05) is 23.7 Å². The van der Waals surface area contributed by atoms with E-state index in [2.05, 4.69) is 5.32 Å². The van der Waals surface area contributed by atoms with Crippen molar-refractivity contribution in [1.82, 2.24) is 5.32 Å². The van der Waals surface area contributed by atoms with Crippen LogP contribution < -0.4 is 5.32 Å². The summed E-state index contributed by atoms with van der Waals surface area (Å²) in [6, 6.07) is 7.47. The van der Waals surface area contributed by atoms with Gasteiger partial charge in [0, 0.05) is 18.7 Å². The number of hydrogen-bond donors (Lipinski definition) is 2. The van der Waals surface area contributed by atoms with Crippen molar-refractivity contribution < 1.29 is 9.84 Å². The first-order valence-corrected chi connectivity index (χ1v) is 5.61. The van der Waals surface area contributed by atoms with Gasteiger partial charge in [-0.3, -0.25) is 0 Å². The van der Waals surface area contributed by atoms with Crippen LogP contribution in [0.1, 0.15) is 12.5 Å². The molecule has 0 aliphatic heterocycles. The quantitative estimate of drug-likeness (QED) is 0.749. The van der Waals surface area contributed by atoms with Crippen molar-refractivity contribution in [3.63, 3.8) is 0 Å². The highest BCUT2D eigenvalue weighted by Gasteiger charge is 2.24. The number of methoxy groups -OCH3 is 1. The Balaban J connectivity index is 2.74. The molecule has 0 aliphatic carbocycles. The van der Waals surface area contributed by atoms with E-state index < -0.39 is 5.54 Å². The maximum atomic E-state index is 9.47. The number of hydrogen-bond acceptors (Lipinski definition) is 3. The van der Waals surface area contributed by atoms with Crippen molar-refractivity contribution in [3.8, 4) is 0 Å². The molecule has 0 spiro atoms. The molecule has 0 saturated heterocycles. The lowest BCUT2D eigenvalue weighted by atomic mass is 9.93. The van der Waals surface area contributed by atoms with E-state index in [1.54, 1.807) is 7.11 Å². The second-order valence-corrected chi connectivity index (χ2v) is 4.35. The summed E-state index contributed by atoms with van der Waals surface area (Å²) in [7, 11) is 1.65. The van der Waals surface area contributed by atoms with E-state index in [0.29, 0.717) is 18.2 Å². The minimum atomic E-state index is -0.455. The predicted molar refractivity (Wildman–Crippen MR) is 65.8 cm³/mol. The number of rotatable bonds is 6. The van der Waals surface area contributed by atoms with Crippen molar-refractivity contribution in [2.45, 2.75) is 12.5 Å². The number of ether oxygens (including phenoxy) is 1. The van der Waals surface area contributed by atoms with Crippen molar-refractivity contribution in [2.75, 3.05) is 26.9 Å². The van der Waals surface area contributed by atoms with Crippen molar-refractivity contribution in [3.05, 3.63) is 34.9 Å². The monoisotopic (exact) mass is 243 g/mol. The normalized spacial score (nSPS) is 14.8. The number of halogens is 1. The van der Waals surface area contributed by atoms with E-state index >= 15 is 0 Å². The maximum absolute atomic E-state index is 9.47. The fraction of sp³-hybridized carbons (Fsp3) is 0.500. The molecule has 1 aromatic carbocycles. The summed E-state index contributed by atoms with van der Waals surface area (Å²) in [6.45, 7) is 3.28. The fourth-order valence-electron chi connectivity index (χ4n) is 1.50. The molecule has 90 valence electrons. The van der Waals surface area contributed by atoms with Gasteiger partial charge in [-0.25, -0.2) is 0 Å². The molecule has 1 unspecified atom stereocenters. The third-order valence-electron chi connectivity index (χ3n) is 2.62. The average molecular weight is 244 g/mol. The summed E-state index contributed by atoms with van der Waals surface area (Å²) in [4.78, 5) is 0. The summed E-state index contributed by atoms with van der Waals surface area (Å²) in [5.74, 6) is 0. The number of nitrogens with one attached hydrogen (secondary N) is 1. The van der Waals surface area contributed by atoms with Crippen LogP contribution >= 0.6 is 11.6 Å². The average Bonchev–Trinajstić information content (AvgIpc) is 2.30. The molecule has 0 bridgehead atoms. The first-order chi connectivity index (χ1) is 7.62. The lowest BCUT2D eigenvalue weighted by Gasteiger charge is -2.29. The predicted octanol–water partition coefficient (Wildman–Crippen LogP) is 1.78. The Hall–Kier alpha value is -0.610. The standard InChI is InChI=1S/C12H18ClNO2/c1-12(9-15,14-7-8-16-2)10-3-5-11(13)6-4-10/h3-6,14-15H,7-9H2,1-2H3. The van der Waals surface area contributed by atoms with Crippen molar-refractivity contribution in [1.29, 1.82) is 0 Å². The SMILES string of the molecule is COCCNC(C)(CO)c1ccc(Cl)cc1. The third-order valence-corrected chi connectivity index (χ3v) is 2.87. The smallest absolute Gasteiger partial charge is 0.0652 e. The van der Waals surface area contributed by atoms with Crippen molar-refractivity contribution in [2.24, 2.45) is 0 Å². The van der Waals surface area contributed by atoms with E-state index in [0.717, 1.165) is 5.56 Å². The largest absolute Gasteiger partial charge is 0.394 e. The molecule has 0 saturated carbocycles. The van der Waals surface area contributed by atoms with Crippen LogP contribution in [0.25, 0.3) is 0 Å². The van der Waals surface area contributed by atoms with E-state index in [1.807, 2.05) is 31.2 Å². The van der Waals surface area contributed by atoms with Gasteiger partial charge in [0.15, 0.2) is 0 Å². The van der Waals surface area contributed by atoms with Gasteiger partial charge < -0.3 is 15.2 Å². The Kier molecular flexibility index (Phi) is 5.22. The molecule has 2 N–H and O–H groups in total. The van der Waals surface area contributed by atoms with Crippen molar-refractivity contribution >= 4 is 11.6 Å². The molecule has 1 rings (SSSR count). The van der Waals surface area contributed by atoms with E-state index in [4.69, 9.17) is 16.3 Å². The second kappa shape index (κ2) is 6.21. The highest BCUT2D eigenvalue weighted by atomic mass is 35.5. The molecule has 0 heterocycles. The molecule has 3 nitrogen and oxygen atoms in total. The zero-order chi connectivity index (χ0) is 12.0. The molecule has 0 amide bonds. The molecule has 0 aliphatic rings. The van der Waals surface area contributed by atoms with Gasteiger partial charge >= 0.3 is 0 Å². The van der Waals surface area contributed by atoms with Gasteiger partial charge in [0.2, 0.25) is 0 Å². The van der Waals surface area contributed by atoms with Crippen LogP contribution in [0.15, 0.2) is 24.3 Å². The van der Waals surface area contributed by atoms with Gasteiger partial charge in [-0.15, -0.1) is 0 Å². The zero-order valence-electron chi connectivity index (χ0n) is 9.66. The highest BCUT2D eigenvalue weighted by Crippen LogP contribution is 2.21. The minimum absolute atomic E-state index is 0.0261. The lowest BCUT2D eigenvalue weighted by molar-refractivity contribution is 0.148. The molecule has 0 fully saturated rings. The molecule has 16 heavy (non-hydrogen) atoms. The number of aliphatic hydroxyl groups excluding tert-OH is 1. The number of benzene rings is 1. The number of aliphatic hydroxyl groups is 1. The fourth-order valence-corrected chi connectivity index (χ4v) is 1.62. The zero-order valence-corrected chi connectivity index (χ0v) is 10.4. The van der Waals surface area contributed by atoms with E-state index in [-0.39, 0.29) is 6.61 Å². The molecule has 0 aromatic heterocycles. The summed E-state index contributed by atoms with van der Waals surface area (Å²) in [5.41, 5.74) is 0.554. The first kappa shape index (κ1) is 13.5. The first-order valence-electron chi connectivity index (χ1n) is 5.23. The van der Waals surface area contributed by atoms with Crippen LogP contribution in [0.5, 0.6) is 0 Å². The Labute approximate surface area is 101 Å². The Morgan fingerprint density at radius 1 is 1.38 bits per heavy atom. The Morgan fingerprint density at radius 2 is 2.00 bits per heavy atom. The van der Waals surface area contributed by atoms with Gasteiger partial charge in [0.05, 0.1) is 18.8 Å². The van der Waals surface area contributed by atoms with Crippen LogP contribution in [0.3, 0.4) is 0 Å². The van der Waals surface area contributed by atoms with Crippen LogP contribution in [0.2, 0.25) is 5.02 Å². The topological polar surface area (TPSA) is 41.5 Å². The van der Waals surface area contributed by atoms with Crippen LogP contribution in [0, 0.1) is 0 Å². The summed E-state index contributed by atoms with van der Waals surface area (Å²) >= 11 is 5.83. The Morgan fingerprint density at radius 3 is 2.50 bits per heavy atom. The van der Waals surface area contributed by atoms with Gasteiger partial charge in [0.25, 0.3) is 0 Å². The lowest BCUT2D eigenvalue weighted by Crippen LogP contribution is -2.44. The third kappa shape index (κ3) is 3.46. The maximum Gasteiger partial charge on any atom is 0.0652 e. The minimum Gasteiger partial charge on any atom is -0.394 e. The highest BCUT2D eigenvalue weighted by molar-refractivity contribution is 6.30. The van der Waals surface area contributed by atoms with Crippen LogP contribution in [-0.4, -0.2) is 32.0 Å². The second-order valence-electron chi connectivity index (χ2n) is 3.92. The van der Waals surface area contributed by atoms with E-state index in [9.17, 15) is 5.11 Å². The van der Waals surface area contributed by atoms with Crippen LogP contribution in [0.4, 0.5) is 0 Å². The molecular formula is C12H18ClNO2. The van der Waals surface area contributed by atoms with Gasteiger partial charge in [-0.2, -0.15) is 0 Å². The molecule has 1 atom stereocenters. The summed E-state index contributed by atoms with van der Waals surface area (Å²) < 4.78 is 4.97. The molecule has 1 aromatic rings. The molecule has 4 heteroatoms. The summed E-state index contributed by atoms with van der Waals surface area (Å²) in [6.07, 6.45) is 0. The van der Waals surface area contributed by atoms with Gasteiger partial charge in [-0.05, 0) is 24.6 Å². The molecule has 0 radical (unpaired) electrons. The van der Waals surface area contributed by atoms with Crippen LogP contribution in [-0.2, 0) is 10.3 Å². The Bertz CT molecular complexity index is 315.